The first kappa shape index (κ1) is 12.6. The second-order valence-corrected chi connectivity index (χ2v) is 5.11. The van der Waals surface area contributed by atoms with Crippen LogP contribution >= 0.6 is 11.6 Å². The molecule has 0 radical (unpaired) electrons. The quantitative estimate of drug-likeness (QED) is 0.416. The molecule has 0 saturated carbocycles. The topological polar surface area (TPSA) is 75.5 Å². The van der Waals surface area contributed by atoms with Crippen molar-refractivity contribution in [3.63, 3.8) is 0 Å². The maximum absolute atomic E-state index is 9.85. The van der Waals surface area contributed by atoms with Crippen LogP contribution in [-0.4, -0.2) is 41.5 Å². The minimum absolute atomic E-state index is 0.153. The van der Waals surface area contributed by atoms with E-state index in [2.05, 4.69) is 9.97 Å². The predicted molar refractivity (Wildman–Crippen MR) is 74.7 cm³/mol. The number of aromatic nitrogens is 3. The highest BCUT2D eigenvalue weighted by Crippen LogP contribution is 2.32. The third-order valence-electron chi connectivity index (χ3n) is 3.51. The Kier molecular flexibility index (Phi) is 2.83. The van der Waals surface area contributed by atoms with Gasteiger partial charge in [0, 0.05) is 23.9 Å². The van der Waals surface area contributed by atoms with Crippen LogP contribution in [0.25, 0.3) is 22.2 Å². The molecular weight excluding hydrogens is 296 g/mol. The Labute approximate surface area is 124 Å². The summed E-state index contributed by atoms with van der Waals surface area (Å²) in [6.07, 6.45) is 1.49. The Morgan fingerprint density at radius 2 is 2.10 bits per heavy atom. The van der Waals surface area contributed by atoms with Crippen molar-refractivity contribution in [3.05, 3.63) is 23.6 Å². The third kappa shape index (κ3) is 1.97. The van der Waals surface area contributed by atoms with Crippen LogP contribution in [0.1, 0.15) is 0 Å². The van der Waals surface area contributed by atoms with Gasteiger partial charge < -0.3 is 14.1 Å². The molecule has 0 spiro atoms. The summed E-state index contributed by atoms with van der Waals surface area (Å²) in [6, 6.07) is 3.53. The van der Waals surface area contributed by atoms with Gasteiger partial charge in [-0.05, 0) is 17.7 Å². The Morgan fingerprint density at radius 1 is 1.29 bits per heavy atom. The van der Waals surface area contributed by atoms with E-state index in [1.807, 2.05) is 11.0 Å². The number of nitrogens with zero attached hydrogens (tertiary/aromatic N) is 4. The molecule has 1 saturated heterocycles. The fraction of sp³-hybridized carbons (Fsp3) is 0.308. The molecule has 0 unspecified atom stereocenters. The number of anilines is 1. The molecule has 21 heavy (non-hydrogen) atoms. The van der Waals surface area contributed by atoms with E-state index in [9.17, 15) is 5.21 Å². The van der Waals surface area contributed by atoms with Crippen molar-refractivity contribution in [2.45, 2.75) is 0 Å². The first-order valence-electron chi connectivity index (χ1n) is 6.56. The summed E-state index contributed by atoms with van der Waals surface area (Å²) in [5.41, 5.74) is 1.43. The van der Waals surface area contributed by atoms with Gasteiger partial charge in [0.25, 0.3) is 0 Å². The fourth-order valence-electron chi connectivity index (χ4n) is 2.54. The Hall–Kier alpha value is -2.12. The van der Waals surface area contributed by atoms with Gasteiger partial charge in [0.05, 0.1) is 13.2 Å². The predicted octanol–water partition coefficient (Wildman–Crippen LogP) is 1.39. The van der Waals surface area contributed by atoms with Crippen molar-refractivity contribution in [2.75, 3.05) is 31.2 Å². The number of pyridine rings is 1. The summed E-state index contributed by atoms with van der Waals surface area (Å²) in [6.45, 7) is 2.67. The van der Waals surface area contributed by atoms with Crippen LogP contribution in [0.2, 0.25) is 5.28 Å². The molecule has 4 heterocycles. The minimum atomic E-state index is 0.153. The van der Waals surface area contributed by atoms with Crippen molar-refractivity contribution in [3.8, 4) is 0 Å². The number of halogens is 1. The molecular formula is C13H12ClN4O3+. The number of hydrogen-bond acceptors (Lipinski definition) is 6. The van der Waals surface area contributed by atoms with E-state index in [1.165, 1.54) is 6.20 Å². The highest BCUT2D eigenvalue weighted by Gasteiger charge is 2.25. The van der Waals surface area contributed by atoms with Gasteiger partial charge in [-0.2, -0.15) is 4.98 Å². The Bertz CT molecular complexity index is 829. The number of furan rings is 1. The molecule has 0 aliphatic carbocycles. The summed E-state index contributed by atoms with van der Waals surface area (Å²) in [7, 11) is 0. The molecule has 0 aromatic carbocycles. The molecule has 0 atom stereocenters. The van der Waals surface area contributed by atoms with Gasteiger partial charge in [0.1, 0.15) is 10.9 Å². The van der Waals surface area contributed by atoms with Crippen LogP contribution in [0.4, 0.5) is 5.82 Å². The van der Waals surface area contributed by atoms with E-state index in [0.29, 0.717) is 54.3 Å². The first-order chi connectivity index (χ1) is 10.2. The van der Waals surface area contributed by atoms with Crippen LogP contribution in [0.5, 0.6) is 0 Å². The number of morpholine rings is 1. The minimum Gasteiger partial charge on any atom is -0.395 e. The van der Waals surface area contributed by atoms with Gasteiger partial charge >= 0.3 is 5.71 Å². The summed E-state index contributed by atoms with van der Waals surface area (Å²) < 4.78 is 12.0. The van der Waals surface area contributed by atoms with Gasteiger partial charge in [-0.1, -0.05) is 0 Å². The molecule has 8 heteroatoms. The number of rotatable bonds is 1. The molecule has 7 nitrogen and oxygen atoms in total. The fourth-order valence-corrected chi connectivity index (χ4v) is 2.70. The van der Waals surface area contributed by atoms with E-state index < -0.39 is 0 Å². The lowest BCUT2D eigenvalue weighted by molar-refractivity contribution is -0.888. The molecule has 1 fully saturated rings. The Morgan fingerprint density at radius 3 is 2.90 bits per heavy atom. The maximum atomic E-state index is 9.85. The van der Waals surface area contributed by atoms with Crippen LogP contribution < -0.4 is 9.63 Å². The number of ether oxygens (including phenoxy) is 1. The molecule has 108 valence electrons. The zero-order valence-electron chi connectivity index (χ0n) is 11.0. The molecule has 4 rings (SSSR count). The zero-order valence-corrected chi connectivity index (χ0v) is 11.7. The summed E-state index contributed by atoms with van der Waals surface area (Å²) in [5.74, 6) is 0.629. The van der Waals surface area contributed by atoms with Crippen molar-refractivity contribution in [2.24, 2.45) is 0 Å². The van der Waals surface area contributed by atoms with Crippen LogP contribution in [0.3, 0.4) is 0 Å². The molecule has 1 aliphatic heterocycles. The van der Waals surface area contributed by atoms with Gasteiger partial charge in [-0.3, -0.25) is 5.21 Å². The largest absolute Gasteiger partial charge is 0.431 e. The van der Waals surface area contributed by atoms with Gasteiger partial charge in [-0.25, -0.2) is 4.98 Å². The lowest BCUT2D eigenvalue weighted by atomic mass is 10.3. The highest BCUT2D eigenvalue weighted by molar-refractivity contribution is 6.29. The molecule has 3 aromatic rings. The van der Waals surface area contributed by atoms with E-state index in [0.717, 1.165) is 4.73 Å². The molecule has 3 aromatic heterocycles. The number of fused-ring (bicyclic) bond motifs is 3. The highest BCUT2D eigenvalue weighted by atomic mass is 35.5. The standard InChI is InChI=1S/C13H12ClN4O3/c14-13-15-9-8-2-1-3-18(19)12(8)21-10(9)11(16-13)17-4-6-20-7-5-17/h1-3,19H,4-7H2/q+1. The van der Waals surface area contributed by atoms with Crippen LogP contribution in [-0.2, 0) is 4.74 Å². The van der Waals surface area contributed by atoms with Crippen molar-refractivity contribution in [1.82, 2.24) is 9.97 Å². The smallest absolute Gasteiger partial charge is 0.395 e. The first-order valence-corrected chi connectivity index (χ1v) is 6.94. The summed E-state index contributed by atoms with van der Waals surface area (Å²) in [4.78, 5) is 10.6. The molecule has 0 bridgehead atoms. The van der Waals surface area contributed by atoms with Gasteiger partial charge in [0.2, 0.25) is 17.1 Å². The van der Waals surface area contributed by atoms with Gasteiger partial charge in [0.15, 0.2) is 5.82 Å². The summed E-state index contributed by atoms with van der Waals surface area (Å²) >= 11 is 6.05. The average Bonchev–Trinajstić information content (AvgIpc) is 2.88. The lowest BCUT2D eigenvalue weighted by Gasteiger charge is -2.27. The van der Waals surface area contributed by atoms with E-state index in [4.69, 9.17) is 20.8 Å². The van der Waals surface area contributed by atoms with E-state index >= 15 is 0 Å². The molecule has 1 N–H and O–H groups in total. The third-order valence-corrected chi connectivity index (χ3v) is 3.68. The number of hydrogen-bond donors (Lipinski definition) is 1. The van der Waals surface area contributed by atoms with Crippen molar-refractivity contribution in [1.29, 1.82) is 0 Å². The average molecular weight is 308 g/mol. The van der Waals surface area contributed by atoms with Crippen LogP contribution in [0, 0.1) is 0 Å². The second kappa shape index (κ2) is 4.71. The van der Waals surface area contributed by atoms with Crippen LogP contribution in [0.15, 0.2) is 22.7 Å². The summed E-state index contributed by atoms with van der Waals surface area (Å²) in [5, 5.41) is 10.7. The van der Waals surface area contributed by atoms with Gasteiger partial charge in [-0.15, -0.1) is 0 Å². The second-order valence-electron chi connectivity index (χ2n) is 4.77. The molecule has 0 amide bonds. The monoisotopic (exact) mass is 307 g/mol. The van der Waals surface area contributed by atoms with Crippen molar-refractivity contribution >= 4 is 39.6 Å². The van der Waals surface area contributed by atoms with Crippen molar-refractivity contribution < 1.29 is 19.1 Å². The normalized spacial score (nSPS) is 16.0. The SMILES string of the molecule is O[n+]1cccc2c3nc(Cl)nc(N4CCOCC4)c3oc21. The van der Waals surface area contributed by atoms with E-state index in [-0.39, 0.29) is 5.28 Å². The Balaban J connectivity index is 2.02. The zero-order chi connectivity index (χ0) is 14.4. The molecule has 1 aliphatic rings. The maximum Gasteiger partial charge on any atom is 0.431 e. The van der Waals surface area contributed by atoms with E-state index in [1.54, 1.807) is 6.07 Å². The lowest BCUT2D eigenvalue weighted by Crippen LogP contribution is -2.36.